The fraction of sp³-hybridized carbons (Fsp3) is 0.294. The van der Waals surface area contributed by atoms with Crippen LogP contribution in [0.15, 0.2) is 30.3 Å². The molecule has 2 atom stereocenters. The number of phenolic OH excluding ortho intramolecular Hbond substituents is 2. The summed E-state index contributed by atoms with van der Waals surface area (Å²) in [5.74, 6) is 1.26. The zero-order valence-electron chi connectivity index (χ0n) is 12.8. The summed E-state index contributed by atoms with van der Waals surface area (Å²) < 4.78 is 16.0. The summed E-state index contributed by atoms with van der Waals surface area (Å²) in [6, 6.07) is 7.97. The number of fused-ring (bicyclic) bond motifs is 1. The summed E-state index contributed by atoms with van der Waals surface area (Å²) in [6.45, 7) is 0. The Morgan fingerprint density at radius 3 is 2.48 bits per heavy atom. The Morgan fingerprint density at radius 2 is 1.83 bits per heavy atom. The molecule has 0 bridgehead atoms. The first-order valence-electron chi connectivity index (χ1n) is 7.15. The zero-order chi connectivity index (χ0) is 16.6. The quantitative estimate of drug-likeness (QED) is 0.804. The highest BCUT2D eigenvalue weighted by Gasteiger charge is 2.32. The molecule has 0 aromatic heterocycles. The molecule has 0 radical (unpaired) electrons. The largest absolute Gasteiger partial charge is 0.507 e. The standard InChI is InChI=1S/C17H18O6/c1-21-10-6-12(18)11-8-14(20)17(23-16(11)7-10)9-3-4-15(22-2)13(19)5-9/h3-7,14,17-20H,8H2,1-2H3. The van der Waals surface area contributed by atoms with E-state index in [2.05, 4.69) is 0 Å². The number of phenols is 2. The van der Waals surface area contributed by atoms with Crippen molar-refractivity contribution in [2.24, 2.45) is 0 Å². The highest BCUT2D eigenvalue weighted by Crippen LogP contribution is 2.43. The van der Waals surface area contributed by atoms with E-state index in [0.717, 1.165) is 0 Å². The molecule has 0 amide bonds. The fourth-order valence-corrected chi connectivity index (χ4v) is 2.74. The molecule has 1 aliphatic heterocycles. The second kappa shape index (κ2) is 5.89. The van der Waals surface area contributed by atoms with Crippen molar-refractivity contribution in [3.8, 4) is 28.7 Å². The van der Waals surface area contributed by atoms with Crippen LogP contribution in [0.5, 0.6) is 28.7 Å². The minimum absolute atomic E-state index is 0.0226. The maximum atomic E-state index is 10.4. The monoisotopic (exact) mass is 318 g/mol. The minimum Gasteiger partial charge on any atom is -0.507 e. The van der Waals surface area contributed by atoms with E-state index >= 15 is 0 Å². The van der Waals surface area contributed by atoms with Crippen LogP contribution in [0.25, 0.3) is 0 Å². The van der Waals surface area contributed by atoms with Gasteiger partial charge >= 0.3 is 0 Å². The molecule has 3 N–H and O–H groups in total. The Balaban J connectivity index is 1.97. The lowest BCUT2D eigenvalue weighted by molar-refractivity contribution is 0.0197. The van der Waals surface area contributed by atoms with Gasteiger partial charge in [-0.1, -0.05) is 6.07 Å². The molecule has 6 nitrogen and oxygen atoms in total. The number of methoxy groups -OCH3 is 2. The number of aliphatic hydroxyl groups is 1. The van der Waals surface area contributed by atoms with Crippen LogP contribution in [-0.2, 0) is 6.42 Å². The Hall–Kier alpha value is -2.60. The van der Waals surface area contributed by atoms with E-state index in [1.165, 1.54) is 26.4 Å². The average molecular weight is 318 g/mol. The van der Waals surface area contributed by atoms with E-state index in [1.54, 1.807) is 18.2 Å². The molecular weight excluding hydrogens is 300 g/mol. The molecule has 0 fully saturated rings. The summed E-state index contributed by atoms with van der Waals surface area (Å²) >= 11 is 0. The number of rotatable bonds is 3. The minimum atomic E-state index is -0.852. The molecule has 1 heterocycles. The predicted octanol–water partition coefficient (Wildman–Crippen LogP) is 2.15. The van der Waals surface area contributed by atoms with Crippen molar-refractivity contribution in [2.75, 3.05) is 14.2 Å². The van der Waals surface area contributed by atoms with E-state index < -0.39 is 12.2 Å². The Labute approximate surface area is 133 Å². The van der Waals surface area contributed by atoms with Gasteiger partial charge in [0.2, 0.25) is 0 Å². The summed E-state index contributed by atoms with van der Waals surface area (Å²) in [5, 5.41) is 30.3. The van der Waals surface area contributed by atoms with Gasteiger partial charge in [-0.05, 0) is 17.7 Å². The molecule has 0 saturated heterocycles. The number of benzene rings is 2. The third-order valence-electron chi connectivity index (χ3n) is 3.94. The van der Waals surface area contributed by atoms with Crippen molar-refractivity contribution in [2.45, 2.75) is 18.6 Å². The van der Waals surface area contributed by atoms with Gasteiger partial charge < -0.3 is 29.5 Å². The summed E-state index contributed by atoms with van der Waals surface area (Å²) in [4.78, 5) is 0. The van der Waals surface area contributed by atoms with Crippen LogP contribution < -0.4 is 14.2 Å². The third kappa shape index (κ3) is 2.73. The van der Waals surface area contributed by atoms with Gasteiger partial charge in [0.15, 0.2) is 11.5 Å². The van der Waals surface area contributed by atoms with Gasteiger partial charge in [-0.15, -0.1) is 0 Å². The van der Waals surface area contributed by atoms with Crippen LogP contribution in [-0.4, -0.2) is 35.6 Å². The normalized spacial score (nSPS) is 19.6. The van der Waals surface area contributed by atoms with Crippen LogP contribution in [0.1, 0.15) is 17.2 Å². The van der Waals surface area contributed by atoms with Crippen LogP contribution >= 0.6 is 0 Å². The molecular formula is C17H18O6. The Kier molecular flexibility index (Phi) is 3.92. The predicted molar refractivity (Wildman–Crippen MR) is 82.4 cm³/mol. The highest BCUT2D eigenvalue weighted by atomic mass is 16.5. The summed E-state index contributed by atoms with van der Waals surface area (Å²) in [5.41, 5.74) is 1.15. The average Bonchev–Trinajstić information content (AvgIpc) is 2.54. The molecule has 3 rings (SSSR count). The van der Waals surface area contributed by atoms with Gasteiger partial charge in [-0.25, -0.2) is 0 Å². The van der Waals surface area contributed by atoms with Crippen molar-refractivity contribution in [3.05, 3.63) is 41.5 Å². The number of hydrogen-bond donors (Lipinski definition) is 3. The second-order valence-corrected chi connectivity index (χ2v) is 5.36. The number of ether oxygens (including phenoxy) is 3. The Morgan fingerprint density at radius 1 is 1.04 bits per heavy atom. The molecule has 2 aromatic rings. The zero-order valence-corrected chi connectivity index (χ0v) is 12.8. The van der Waals surface area contributed by atoms with Gasteiger partial charge in [0, 0.05) is 24.1 Å². The molecule has 2 aromatic carbocycles. The van der Waals surface area contributed by atoms with Crippen molar-refractivity contribution < 1.29 is 29.5 Å². The highest BCUT2D eigenvalue weighted by molar-refractivity contribution is 5.52. The molecule has 0 spiro atoms. The van der Waals surface area contributed by atoms with Crippen LogP contribution in [0, 0.1) is 0 Å². The lowest BCUT2D eigenvalue weighted by Crippen LogP contribution is -2.30. The van der Waals surface area contributed by atoms with Gasteiger partial charge in [0.1, 0.15) is 23.4 Å². The second-order valence-electron chi connectivity index (χ2n) is 5.36. The van der Waals surface area contributed by atoms with E-state index in [1.807, 2.05) is 0 Å². The first kappa shape index (κ1) is 15.3. The smallest absolute Gasteiger partial charge is 0.160 e. The van der Waals surface area contributed by atoms with Gasteiger partial charge in [0.25, 0.3) is 0 Å². The maximum absolute atomic E-state index is 10.4. The first-order valence-corrected chi connectivity index (χ1v) is 7.15. The van der Waals surface area contributed by atoms with Gasteiger partial charge in [-0.3, -0.25) is 0 Å². The van der Waals surface area contributed by atoms with Crippen LogP contribution in [0.3, 0.4) is 0 Å². The third-order valence-corrected chi connectivity index (χ3v) is 3.94. The molecule has 122 valence electrons. The molecule has 2 unspecified atom stereocenters. The maximum Gasteiger partial charge on any atom is 0.160 e. The number of aromatic hydroxyl groups is 2. The molecule has 6 heteroatoms. The van der Waals surface area contributed by atoms with Crippen molar-refractivity contribution >= 4 is 0 Å². The van der Waals surface area contributed by atoms with E-state index in [-0.39, 0.29) is 17.9 Å². The van der Waals surface area contributed by atoms with Crippen LogP contribution in [0.4, 0.5) is 0 Å². The van der Waals surface area contributed by atoms with Crippen molar-refractivity contribution in [3.63, 3.8) is 0 Å². The number of hydrogen-bond acceptors (Lipinski definition) is 6. The van der Waals surface area contributed by atoms with E-state index in [0.29, 0.717) is 28.4 Å². The number of aliphatic hydroxyl groups excluding tert-OH is 1. The molecule has 23 heavy (non-hydrogen) atoms. The molecule has 1 aliphatic rings. The van der Waals surface area contributed by atoms with Gasteiger partial charge in [-0.2, -0.15) is 0 Å². The van der Waals surface area contributed by atoms with Gasteiger partial charge in [0.05, 0.1) is 20.3 Å². The molecule has 0 aliphatic carbocycles. The van der Waals surface area contributed by atoms with E-state index in [4.69, 9.17) is 14.2 Å². The molecule has 0 saturated carbocycles. The summed E-state index contributed by atoms with van der Waals surface area (Å²) in [6.07, 6.45) is -1.27. The fourth-order valence-electron chi connectivity index (χ4n) is 2.74. The van der Waals surface area contributed by atoms with Crippen LogP contribution in [0.2, 0.25) is 0 Å². The van der Waals surface area contributed by atoms with Crippen molar-refractivity contribution in [1.82, 2.24) is 0 Å². The first-order chi connectivity index (χ1) is 11.0. The topological polar surface area (TPSA) is 88.4 Å². The Bertz CT molecular complexity index is 727. The lowest BCUT2D eigenvalue weighted by atomic mass is 9.94. The lowest BCUT2D eigenvalue weighted by Gasteiger charge is -2.31. The summed E-state index contributed by atoms with van der Waals surface area (Å²) in [7, 11) is 2.96. The van der Waals surface area contributed by atoms with E-state index in [9.17, 15) is 15.3 Å². The SMILES string of the molecule is COc1cc(O)c2c(c1)OC(c1ccc(OC)c(O)c1)C(O)C2. The van der Waals surface area contributed by atoms with Crippen molar-refractivity contribution in [1.29, 1.82) is 0 Å².